The van der Waals surface area contributed by atoms with E-state index in [0.29, 0.717) is 17.9 Å². The molecule has 0 heterocycles. The second kappa shape index (κ2) is 11.5. The second-order valence-electron chi connectivity index (χ2n) is 7.05. The van der Waals surface area contributed by atoms with Crippen molar-refractivity contribution in [1.82, 2.24) is 4.90 Å². The van der Waals surface area contributed by atoms with Gasteiger partial charge in [0.25, 0.3) is 0 Å². The first-order valence-corrected chi connectivity index (χ1v) is 10.7. The lowest BCUT2D eigenvalue weighted by Crippen LogP contribution is -2.35. The molecule has 0 saturated carbocycles. The quantitative estimate of drug-likeness (QED) is 0.510. The van der Waals surface area contributed by atoms with E-state index in [1.807, 2.05) is 26.0 Å². The van der Waals surface area contributed by atoms with E-state index < -0.39 is 0 Å². The van der Waals surface area contributed by atoms with E-state index >= 15 is 0 Å². The average Bonchev–Trinajstić information content (AvgIpc) is 2.72. The summed E-state index contributed by atoms with van der Waals surface area (Å²) in [6.07, 6.45) is 1.05. The minimum atomic E-state index is -0.287. The van der Waals surface area contributed by atoms with Crippen LogP contribution in [0, 0.1) is 6.92 Å². The summed E-state index contributed by atoms with van der Waals surface area (Å²) < 4.78 is 6.43. The number of ketones is 1. The molecule has 0 fully saturated rings. The first-order chi connectivity index (χ1) is 14.3. The molecular formula is C23H27BrN2O4. The van der Waals surface area contributed by atoms with Crippen molar-refractivity contribution >= 4 is 39.2 Å². The fraction of sp³-hybridized carbons (Fsp3) is 0.348. The van der Waals surface area contributed by atoms with Crippen LogP contribution in [-0.4, -0.2) is 42.7 Å². The van der Waals surface area contributed by atoms with Crippen LogP contribution in [0.25, 0.3) is 0 Å². The zero-order valence-corrected chi connectivity index (χ0v) is 19.1. The Morgan fingerprint density at radius 3 is 2.40 bits per heavy atom. The summed E-state index contributed by atoms with van der Waals surface area (Å²) in [6, 6.07) is 12.5. The Labute approximate surface area is 185 Å². The maximum Gasteiger partial charge on any atom is 0.243 e. The standard InChI is InChI=1S/C23H27BrN2O4/c1-4-13-30-19-8-5-17(6-9-19)21(27)11-12-23(29)26(3)15-22(28)25-20-10-7-18(24)14-16(20)2/h5-10,14H,4,11-13,15H2,1-3H3,(H,25,28). The van der Waals surface area contributed by atoms with Crippen molar-refractivity contribution in [3.8, 4) is 5.75 Å². The fourth-order valence-electron chi connectivity index (χ4n) is 2.77. The van der Waals surface area contributed by atoms with Crippen molar-refractivity contribution in [1.29, 1.82) is 0 Å². The van der Waals surface area contributed by atoms with Crippen molar-refractivity contribution in [2.45, 2.75) is 33.1 Å². The normalized spacial score (nSPS) is 10.4. The lowest BCUT2D eigenvalue weighted by atomic mass is 10.1. The van der Waals surface area contributed by atoms with E-state index in [4.69, 9.17) is 4.74 Å². The molecule has 2 rings (SSSR count). The molecule has 2 aromatic rings. The number of carbonyl (C=O) groups excluding carboxylic acids is 3. The number of aryl methyl sites for hydroxylation is 1. The van der Waals surface area contributed by atoms with E-state index in [1.165, 1.54) is 4.90 Å². The van der Waals surface area contributed by atoms with Gasteiger partial charge in [0.2, 0.25) is 11.8 Å². The zero-order valence-electron chi connectivity index (χ0n) is 17.5. The van der Waals surface area contributed by atoms with Gasteiger partial charge in [-0.2, -0.15) is 0 Å². The van der Waals surface area contributed by atoms with Gasteiger partial charge in [0.15, 0.2) is 5.78 Å². The molecule has 0 saturated heterocycles. The highest BCUT2D eigenvalue weighted by Gasteiger charge is 2.16. The van der Waals surface area contributed by atoms with Crippen molar-refractivity contribution in [2.24, 2.45) is 0 Å². The predicted octanol–water partition coefficient (Wildman–Crippen LogP) is 4.61. The van der Waals surface area contributed by atoms with E-state index in [1.54, 1.807) is 37.4 Å². The number of halogens is 1. The van der Waals surface area contributed by atoms with E-state index in [-0.39, 0.29) is 37.0 Å². The molecule has 2 aromatic carbocycles. The number of hydrogen-bond donors (Lipinski definition) is 1. The monoisotopic (exact) mass is 474 g/mol. The molecule has 7 heteroatoms. The summed E-state index contributed by atoms with van der Waals surface area (Å²) in [5.41, 5.74) is 2.16. The van der Waals surface area contributed by atoms with Crippen LogP contribution in [0.15, 0.2) is 46.9 Å². The topological polar surface area (TPSA) is 75.7 Å². The summed E-state index contributed by atoms with van der Waals surface area (Å²) in [7, 11) is 1.56. The molecule has 160 valence electrons. The van der Waals surface area contributed by atoms with Gasteiger partial charge in [-0.15, -0.1) is 0 Å². The van der Waals surface area contributed by atoms with Crippen LogP contribution in [0.5, 0.6) is 5.75 Å². The average molecular weight is 475 g/mol. The van der Waals surface area contributed by atoms with Crippen LogP contribution < -0.4 is 10.1 Å². The number of hydrogen-bond acceptors (Lipinski definition) is 4. The number of likely N-dealkylation sites (N-methyl/N-ethyl adjacent to an activating group) is 1. The number of anilines is 1. The molecule has 0 spiro atoms. The van der Waals surface area contributed by atoms with Gasteiger partial charge in [0, 0.05) is 35.6 Å². The number of carbonyl (C=O) groups is 3. The van der Waals surface area contributed by atoms with Gasteiger partial charge < -0.3 is 15.0 Å². The van der Waals surface area contributed by atoms with Crippen LogP contribution >= 0.6 is 15.9 Å². The summed E-state index contributed by atoms with van der Waals surface area (Å²) in [5.74, 6) is 0.0594. The Bertz CT molecular complexity index is 897. The summed E-state index contributed by atoms with van der Waals surface area (Å²) >= 11 is 3.38. The smallest absolute Gasteiger partial charge is 0.243 e. The van der Waals surface area contributed by atoms with Gasteiger partial charge >= 0.3 is 0 Å². The Kier molecular flexibility index (Phi) is 9.05. The maximum absolute atomic E-state index is 12.3. The largest absolute Gasteiger partial charge is 0.494 e. The molecule has 0 aromatic heterocycles. The Morgan fingerprint density at radius 2 is 1.77 bits per heavy atom. The first-order valence-electron chi connectivity index (χ1n) is 9.86. The highest BCUT2D eigenvalue weighted by molar-refractivity contribution is 9.10. The summed E-state index contributed by atoms with van der Waals surface area (Å²) in [6.45, 7) is 4.47. The number of Topliss-reactive ketones (excluding diaryl/α,β-unsaturated/α-hetero) is 1. The van der Waals surface area contributed by atoms with Crippen molar-refractivity contribution in [3.63, 3.8) is 0 Å². The predicted molar refractivity (Wildman–Crippen MR) is 121 cm³/mol. The highest BCUT2D eigenvalue weighted by Crippen LogP contribution is 2.20. The molecule has 0 aliphatic heterocycles. The molecule has 0 atom stereocenters. The van der Waals surface area contributed by atoms with Gasteiger partial charge in [0.05, 0.1) is 13.2 Å². The summed E-state index contributed by atoms with van der Waals surface area (Å²) in [4.78, 5) is 38.2. The number of nitrogens with zero attached hydrogens (tertiary/aromatic N) is 1. The lowest BCUT2D eigenvalue weighted by molar-refractivity contribution is -0.133. The van der Waals surface area contributed by atoms with Gasteiger partial charge in [-0.1, -0.05) is 22.9 Å². The minimum Gasteiger partial charge on any atom is -0.494 e. The van der Waals surface area contributed by atoms with Gasteiger partial charge in [-0.05, 0) is 61.4 Å². The molecule has 0 aliphatic rings. The molecule has 6 nitrogen and oxygen atoms in total. The SMILES string of the molecule is CCCOc1ccc(C(=O)CCC(=O)N(C)CC(=O)Nc2ccc(Br)cc2C)cc1. The first kappa shape index (κ1) is 23.6. The van der Waals surface area contributed by atoms with E-state index in [2.05, 4.69) is 21.2 Å². The van der Waals surface area contributed by atoms with Crippen molar-refractivity contribution in [2.75, 3.05) is 25.5 Å². The molecular weight excluding hydrogens is 448 g/mol. The third-order valence-corrected chi connectivity index (χ3v) is 4.98. The second-order valence-corrected chi connectivity index (χ2v) is 7.97. The third kappa shape index (κ3) is 7.30. The van der Waals surface area contributed by atoms with Crippen LogP contribution in [-0.2, 0) is 9.59 Å². The number of rotatable bonds is 10. The number of benzene rings is 2. The lowest BCUT2D eigenvalue weighted by Gasteiger charge is -2.17. The maximum atomic E-state index is 12.3. The Morgan fingerprint density at radius 1 is 1.07 bits per heavy atom. The molecule has 0 bridgehead atoms. The van der Waals surface area contributed by atoms with Crippen LogP contribution in [0.1, 0.15) is 42.1 Å². The summed E-state index contributed by atoms with van der Waals surface area (Å²) in [5, 5.41) is 2.80. The van der Waals surface area contributed by atoms with Crippen LogP contribution in [0.4, 0.5) is 5.69 Å². The fourth-order valence-corrected chi connectivity index (χ4v) is 3.25. The van der Waals surface area contributed by atoms with Crippen LogP contribution in [0.3, 0.4) is 0 Å². The Hall–Kier alpha value is -2.67. The molecule has 0 unspecified atom stereocenters. The van der Waals surface area contributed by atoms with Crippen LogP contribution in [0.2, 0.25) is 0 Å². The molecule has 0 aliphatic carbocycles. The zero-order chi connectivity index (χ0) is 22.1. The molecule has 30 heavy (non-hydrogen) atoms. The number of amides is 2. The Balaban J connectivity index is 1.80. The molecule has 1 N–H and O–H groups in total. The highest BCUT2D eigenvalue weighted by atomic mass is 79.9. The molecule has 2 amide bonds. The number of ether oxygens (including phenoxy) is 1. The van der Waals surface area contributed by atoms with E-state index in [0.717, 1.165) is 22.2 Å². The third-order valence-electron chi connectivity index (χ3n) is 4.48. The minimum absolute atomic E-state index is 0.0496. The van der Waals surface area contributed by atoms with Crippen molar-refractivity contribution < 1.29 is 19.1 Å². The van der Waals surface area contributed by atoms with Gasteiger partial charge in [-0.25, -0.2) is 0 Å². The van der Waals surface area contributed by atoms with Gasteiger partial charge in [0.1, 0.15) is 5.75 Å². The molecule has 0 radical (unpaired) electrons. The van der Waals surface area contributed by atoms with E-state index in [9.17, 15) is 14.4 Å². The van der Waals surface area contributed by atoms with Crippen molar-refractivity contribution in [3.05, 3.63) is 58.1 Å². The number of nitrogens with one attached hydrogen (secondary N) is 1. The van der Waals surface area contributed by atoms with Gasteiger partial charge in [-0.3, -0.25) is 14.4 Å².